The van der Waals surface area contributed by atoms with Crippen LogP contribution >= 0.6 is 0 Å². The van der Waals surface area contributed by atoms with Crippen molar-refractivity contribution >= 4 is 15.5 Å². The van der Waals surface area contributed by atoms with Crippen molar-refractivity contribution in [1.82, 2.24) is 0 Å². The van der Waals surface area contributed by atoms with Crippen LogP contribution in [0.3, 0.4) is 0 Å². The van der Waals surface area contributed by atoms with Crippen molar-refractivity contribution < 1.29 is 8.42 Å². The number of nitrogens with two attached hydrogens (primary N) is 1. The zero-order valence-electron chi connectivity index (χ0n) is 10.8. The molecule has 1 aromatic carbocycles. The van der Waals surface area contributed by atoms with Gasteiger partial charge in [-0.3, -0.25) is 0 Å². The van der Waals surface area contributed by atoms with Gasteiger partial charge in [-0.15, -0.1) is 0 Å². The first kappa shape index (κ1) is 13.4. The van der Waals surface area contributed by atoms with Crippen LogP contribution in [0.5, 0.6) is 0 Å². The number of benzene rings is 1. The van der Waals surface area contributed by atoms with Crippen LogP contribution in [-0.2, 0) is 9.84 Å². The van der Waals surface area contributed by atoms with E-state index in [1.165, 1.54) is 0 Å². The predicted octanol–water partition coefficient (Wildman–Crippen LogP) is 1.33. The van der Waals surface area contributed by atoms with Gasteiger partial charge in [-0.2, -0.15) is 0 Å². The van der Waals surface area contributed by atoms with Gasteiger partial charge < -0.3 is 10.6 Å². The van der Waals surface area contributed by atoms with E-state index in [0.29, 0.717) is 12.2 Å². The lowest BCUT2D eigenvalue weighted by atomic mass is 10.1. The van der Waals surface area contributed by atoms with E-state index < -0.39 is 9.84 Å². The topological polar surface area (TPSA) is 63.4 Å². The fourth-order valence-corrected chi connectivity index (χ4v) is 4.08. The molecule has 1 aliphatic heterocycles. The zero-order valence-corrected chi connectivity index (χ0v) is 11.7. The highest BCUT2D eigenvalue weighted by atomic mass is 32.2. The van der Waals surface area contributed by atoms with Crippen LogP contribution in [0.2, 0.25) is 0 Å². The van der Waals surface area contributed by atoms with Gasteiger partial charge in [-0.1, -0.05) is 12.1 Å². The van der Waals surface area contributed by atoms with Crippen molar-refractivity contribution in [1.29, 1.82) is 0 Å². The Balaban J connectivity index is 2.12. The van der Waals surface area contributed by atoms with Crippen LogP contribution < -0.4 is 10.6 Å². The van der Waals surface area contributed by atoms with E-state index >= 15 is 0 Å². The van der Waals surface area contributed by atoms with Crippen molar-refractivity contribution in [2.45, 2.75) is 25.4 Å². The minimum absolute atomic E-state index is 0.0243. The molecule has 1 aliphatic rings. The predicted molar refractivity (Wildman–Crippen MR) is 74.5 cm³/mol. The second-order valence-electron chi connectivity index (χ2n) is 5.05. The summed E-state index contributed by atoms with van der Waals surface area (Å²) in [6.45, 7) is 1.95. The third-order valence-corrected chi connectivity index (χ3v) is 5.33. The van der Waals surface area contributed by atoms with E-state index in [9.17, 15) is 8.42 Å². The van der Waals surface area contributed by atoms with E-state index in [2.05, 4.69) is 4.90 Å². The highest BCUT2D eigenvalue weighted by Gasteiger charge is 2.30. The molecule has 5 heteroatoms. The second kappa shape index (κ2) is 4.90. The van der Waals surface area contributed by atoms with E-state index in [4.69, 9.17) is 5.73 Å². The summed E-state index contributed by atoms with van der Waals surface area (Å²) in [5, 5.41) is 0. The van der Waals surface area contributed by atoms with Gasteiger partial charge in [0.05, 0.1) is 11.5 Å². The normalized spacial score (nSPS) is 23.8. The minimum atomic E-state index is -2.83. The van der Waals surface area contributed by atoms with Crippen LogP contribution in [-0.4, -0.2) is 33.0 Å². The summed E-state index contributed by atoms with van der Waals surface area (Å²) >= 11 is 0. The van der Waals surface area contributed by atoms with Crippen LogP contribution in [0, 0.1) is 0 Å². The molecule has 18 heavy (non-hydrogen) atoms. The lowest BCUT2D eigenvalue weighted by molar-refractivity contribution is 0.601. The van der Waals surface area contributed by atoms with Crippen molar-refractivity contribution in [2.24, 2.45) is 5.73 Å². The molecule has 1 fully saturated rings. The molecule has 0 amide bonds. The first-order valence-electron chi connectivity index (χ1n) is 6.18. The molecule has 1 saturated heterocycles. The molecule has 2 atom stereocenters. The van der Waals surface area contributed by atoms with Crippen LogP contribution in [0.15, 0.2) is 24.3 Å². The number of anilines is 1. The molecular formula is C13H20N2O2S. The molecule has 1 unspecified atom stereocenters. The largest absolute Gasteiger partial charge is 0.371 e. The lowest BCUT2D eigenvalue weighted by Gasteiger charge is -2.26. The number of rotatable bonds is 3. The quantitative estimate of drug-likeness (QED) is 0.898. The molecule has 4 nitrogen and oxygen atoms in total. The van der Waals surface area contributed by atoms with E-state index in [0.717, 1.165) is 11.3 Å². The summed E-state index contributed by atoms with van der Waals surface area (Å²) in [5.41, 5.74) is 7.94. The summed E-state index contributed by atoms with van der Waals surface area (Å²) in [6.07, 6.45) is 0.716. The number of hydrogen-bond donors (Lipinski definition) is 1. The van der Waals surface area contributed by atoms with E-state index in [1.54, 1.807) is 0 Å². The van der Waals surface area contributed by atoms with Gasteiger partial charge in [0.1, 0.15) is 0 Å². The van der Waals surface area contributed by atoms with Crippen molar-refractivity contribution in [3.63, 3.8) is 0 Å². The molecule has 0 spiro atoms. The average Bonchev–Trinajstić information content (AvgIpc) is 2.69. The molecule has 0 saturated carbocycles. The molecular weight excluding hydrogens is 248 g/mol. The molecule has 100 valence electrons. The first-order valence-corrected chi connectivity index (χ1v) is 8.00. The Morgan fingerprint density at radius 3 is 2.39 bits per heavy atom. The summed E-state index contributed by atoms with van der Waals surface area (Å²) in [4.78, 5) is 2.05. The Morgan fingerprint density at radius 1 is 1.33 bits per heavy atom. The molecule has 0 radical (unpaired) electrons. The zero-order chi connectivity index (χ0) is 13.3. The maximum absolute atomic E-state index is 11.5. The van der Waals surface area contributed by atoms with Gasteiger partial charge in [0.25, 0.3) is 0 Å². The van der Waals surface area contributed by atoms with Gasteiger partial charge in [0, 0.05) is 24.8 Å². The Morgan fingerprint density at radius 2 is 1.94 bits per heavy atom. The van der Waals surface area contributed by atoms with Gasteiger partial charge in [-0.25, -0.2) is 8.42 Å². The highest BCUT2D eigenvalue weighted by molar-refractivity contribution is 7.91. The third kappa shape index (κ3) is 2.84. The fraction of sp³-hybridized carbons (Fsp3) is 0.538. The summed E-state index contributed by atoms with van der Waals surface area (Å²) in [7, 11) is -0.881. The first-order chi connectivity index (χ1) is 8.39. The van der Waals surface area contributed by atoms with Gasteiger partial charge in [0.2, 0.25) is 0 Å². The summed E-state index contributed by atoms with van der Waals surface area (Å²) in [6, 6.07) is 8.13. The molecule has 0 bridgehead atoms. The van der Waals surface area contributed by atoms with Gasteiger partial charge >= 0.3 is 0 Å². The lowest BCUT2D eigenvalue weighted by Crippen LogP contribution is -2.32. The SMILES string of the molecule is C[C@@H](N)c1ccc(N(C)C2CCS(=O)(=O)C2)cc1. The van der Waals surface area contributed by atoms with E-state index in [-0.39, 0.29) is 17.8 Å². The average molecular weight is 268 g/mol. The minimum Gasteiger partial charge on any atom is -0.371 e. The molecule has 1 heterocycles. The van der Waals surface area contributed by atoms with Gasteiger partial charge in [0.15, 0.2) is 9.84 Å². The monoisotopic (exact) mass is 268 g/mol. The van der Waals surface area contributed by atoms with Crippen molar-refractivity contribution in [3.05, 3.63) is 29.8 Å². The molecule has 0 aromatic heterocycles. The summed E-state index contributed by atoms with van der Waals surface area (Å²) in [5.74, 6) is 0.568. The number of nitrogens with zero attached hydrogens (tertiary/aromatic N) is 1. The number of sulfone groups is 1. The third-order valence-electron chi connectivity index (χ3n) is 3.58. The number of hydrogen-bond acceptors (Lipinski definition) is 4. The fourth-order valence-electron chi connectivity index (χ4n) is 2.30. The van der Waals surface area contributed by atoms with Crippen LogP contribution in [0.25, 0.3) is 0 Å². The molecule has 1 aromatic rings. The maximum Gasteiger partial charge on any atom is 0.152 e. The smallest absolute Gasteiger partial charge is 0.152 e. The van der Waals surface area contributed by atoms with Crippen molar-refractivity contribution in [2.75, 3.05) is 23.5 Å². The van der Waals surface area contributed by atoms with Crippen LogP contribution in [0.4, 0.5) is 5.69 Å². The maximum atomic E-state index is 11.5. The molecule has 0 aliphatic carbocycles. The Labute approximate surface area is 109 Å². The Bertz CT molecular complexity index is 508. The standard InChI is InChI=1S/C13H20N2O2S/c1-10(14)11-3-5-12(6-4-11)15(2)13-7-8-18(16,17)9-13/h3-6,10,13H,7-9,14H2,1-2H3/t10-,13?/m1/s1. The van der Waals surface area contributed by atoms with Crippen molar-refractivity contribution in [3.8, 4) is 0 Å². The summed E-state index contributed by atoms with van der Waals surface area (Å²) < 4.78 is 23.0. The Kier molecular flexibility index (Phi) is 3.64. The van der Waals surface area contributed by atoms with E-state index in [1.807, 2.05) is 38.2 Å². The second-order valence-corrected chi connectivity index (χ2v) is 7.28. The molecule has 2 N–H and O–H groups in total. The van der Waals surface area contributed by atoms with Gasteiger partial charge in [-0.05, 0) is 31.0 Å². The molecule has 2 rings (SSSR count). The Hall–Kier alpha value is -1.07. The highest BCUT2D eigenvalue weighted by Crippen LogP contribution is 2.24. The van der Waals surface area contributed by atoms with Crippen LogP contribution in [0.1, 0.15) is 24.9 Å².